The topological polar surface area (TPSA) is 29.0 Å². The van der Waals surface area contributed by atoms with Crippen LogP contribution in [0.5, 0.6) is 0 Å². The third kappa shape index (κ3) is 3.75. The standard InChI is InChI=1S/C13H20ClN3S/c1-9(2)6-7-17(10-4-5-10)12-8-11(14)15-13(16-12)18-3/h8-10H,4-7H2,1-3H3. The maximum absolute atomic E-state index is 6.07. The maximum atomic E-state index is 6.07. The summed E-state index contributed by atoms with van der Waals surface area (Å²) in [5.41, 5.74) is 0. The van der Waals surface area contributed by atoms with Gasteiger partial charge in [0.25, 0.3) is 0 Å². The van der Waals surface area contributed by atoms with E-state index in [0.29, 0.717) is 17.1 Å². The summed E-state index contributed by atoms with van der Waals surface area (Å²) in [5.74, 6) is 1.70. The first-order chi connectivity index (χ1) is 8.60. The van der Waals surface area contributed by atoms with Gasteiger partial charge < -0.3 is 4.90 Å². The fourth-order valence-electron chi connectivity index (χ4n) is 1.89. The minimum Gasteiger partial charge on any atom is -0.353 e. The van der Waals surface area contributed by atoms with Gasteiger partial charge in [-0.15, -0.1) is 0 Å². The van der Waals surface area contributed by atoms with Gasteiger partial charge in [-0.2, -0.15) is 0 Å². The normalized spacial score (nSPS) is 15.2. The highest BCUT2D eigenvalue weighted by molar-refractivity contribution is 7.98. The first-order valence-corrected chi connectivity index (χ1v) is 8.05. The van der Waals surface area contributed by atoms with Crippen molar-refractivity contribution in [3.63, 3.8) is 0 Å². The second-order valence-electron chi connectivity index (χ2n) is 5.14. The number of anilines is 1. The molecule has 1 heterocycles. The van der Waals surface area contributed by atoms with Crippen molar-refractivity contribution in [2.75, 3.05) is 17.7 Å². The molecule has 1 aromatic rings. The van der Waals surface area contributed by atoms with Gasteiger partial charge in [-0.05, 0) is 31.4 Å². The molecule has 1 aliphatic rings. The molecule has 0 amide bonds. The highest BCUT2D eigenvalue weighted by Crippen LogP contribution is 2.32. The Morgan fingerprint density at radius 2 is 2.17 bits per heavy atom. The lowest BCUT2D eigenvalue weighted by Crippen LogP contribution is -2.28. The van der Waals surface area contributed by atoms with Crippen molar-refractivity contribution in [2.45, 2.75) is 44.3 Å². The summed E-state index contributed by atoms with van der Waals surface area (Å²) in [6.07, 6.45) is 5.71. The summed E-state index contributed by atoms with van der Waals surface area (Å²) in [6.45, 7) is 5.57. The maximum Gasteiger partial charge on any atom is 0.190 e. The van der Waals surface area contributed by atoms with Crippen LogP contribution in [0.15, 0.2) is 11.2 Å². The SMILES string of the molecule is CSc1nc(Cl)cc(N(CCC(C)C)C2CC2)n1. The molecule has 0 unspecified atom stereocenters. The van der Waals surface area contributed by atoms with Crippen LogP contribution in [0.25, 0.3) is 0 Å². The Hall–Kier alpha value is -0.480. The van der Waals surface area contributed by atoms with E-state index in [2.05, 4.69) is 28.7 Å². The lowest BCUT2D eigenvalue weighted by Gasteiger charge is -2.24. The van der Waals surface area contributed by atoms with Crippen molar-refractivity contribution in [1.29, 1.82) is 0 Å². The second-order valence-corrected chi connectivity index (χ2v) is 6.30. The minimum atomic E-state index is 0.541. The monoisotopic (exact) mass is 285 g/mol. The predicted octanol–water partition coefficient (Wildman–Crippen LogP) is 3.87. The molecule has 0 spiro atoms. The van der Waals surface area contributed by atoms with E-state index in [4.69, 9.17) is 11.6 Å². The van der Waals surface area contributed by atoms with Crippen molar-refractivity contribution < 1.29 is 0 Å². The molecular weight excluding hydrogens is 266 g/mol. The zero-order valence-electron chi connectivity index (χ0n) is 11.2. The van der Waals surface area contributed by atoms with Gasteiger partial charge >= 0.3 is 0 Å². The Labute approximate surface area is 118 Å². The van der Waals surface area contributed by atoms with E-state index >= 15 is 0 Å². The molecule has 3 nitrogen and oxygen atoms in total. The van der Waals surface area contributed by atoms with Crippen molar-refractivity contribution in [1.82, 2.24) is 9.97 Å². The minimum absolute atomic E-state index is 0.541. The molecule has 0 aromatic carbocycles. The molecule has 1 fully saturated rings. The number of halogens is 1. The molecule has 0 radical (unpaired) electrons. The first kappa shape index (κ1) is 13.9. The number of hydrogen-bond donors (Lipinski definition) is 0. The molecular formula is C13H20ClN3S. The number of thioether (sulfide) groups is 1. The van der Waals surface area contributed by atoms with Gasteiger partial charge in [0.15, 0.2) is 5.16 Å². The third-order valence-corrected chi connectivity index (χ3v) is 3.81. The van der Waals surface area contributed by atoms with Crippen LogP contribution in [-0.4, -0.2) is 28.8 Å². The summed E-state index contributed by atoms with van der Waals surface area (Å²) in [5, 5.41) is 1.30. The zero-order valence-corrected chi connectivity index (χ0v) is 12.8. The van der Waals surface area contributed by atoms with Crippen LogP contribution in [-0.2, 0) is 0 Å². The molecule has 1 aliphatic carbocycles. The lowest BCUT2D eigenvalue weighted by atomic mass is 10.1. The fourth-order valence-corrected chi connectivity index (χ4v) is 2.49. The van der Waals surface area contributed by atoms with E-state index in [-0.39, 0.29) is 0 Å². The smallest absolute Gasteiger partial charge is 0.190 e. The summed E-state index contributed by atoms with van der Waals surface area (Å²) >= 11 is 7.61. The van der Waals surface area contributed by atoms with Crippen molar-refractivity contribution >= 4 is 29.2 Å². The van der Waals surface area contributed by atoms with Gasteiger partial charge in [0.1, 0.15) is 11.0 Å². The Bertz CT molecular complexity index is 407. The van der Waals surface area contributed by atoms with Gasteiger partial charge in [-0.3, -0.25) is 0 Å². The quantitative estimate of drug-likeness (QED) is 0.451. The zero-order chi connectivity index (χ0) is 13.1. The van der Waals surface area contributed by atoms with E-state index in [1.54, 1.807) is 0 Å². The molecule has 0 N–H and O–H groups in total. The summed E-state index contributed by atoms with van der Waals surface area (Å²) in [7, 11) is 0. The predicted molar refractivity (Wildman–Crippen MR) is 78.6 cm³/mol. The lowest BCUT2D eigenvalue weighted by molar-refractivity contribution is 0.567. The summed E-state index contributed by atoms with van der Waals surface area (Å²) in [6, 6.07) is 2.55. The van der Waals surface area contributed by atoms with E-state index < -0.39 is 0 Å². The Balaban J connectivity index is 2.16. The number of rotatable bonds is 6. The summed E-state index contributed by atoms with van der Waals surface area (Å²) < 4.78 is 0. The molecule has 0 atom stereocenters. The van der Waals surface area contributed by atoms with Gasteiger partial charge in [0.05, 0.1) is 0 Å². The summed E-state index contributed by atoms with van der Waals surface area (Å²) in [4.78, 5) is 11.2. The van der Waals surface area contributed by atoms with E-state index in [1.165, 1.54) is 31.0 Å². The van der Waals surface area contributed by atoms with Crippen LogP contribution in [0, 0.1) is 5.92 Å². The van der Waals surface area contributed by atoms with Crippen molar-refractivity contribution in [3.05, 3.63) is 11.2 Å². The molecule has 1 saturated carbocycles. The average Bonchev–Trinajstić information content (AvgIpc) is 3.12. The highest BCUT2D eigenvalue weighted by Gasteiger charge is 2.30. The molecule has 1 aromatic heterocycles. The number of nitrogens with zero attached hydrogens (tertiary/aromatic N) is 3. The van der Waals surface area contributed by atoms with Gasteiger partial charge in [0, 0.05) is 18.7 Å². The van der Waals surface area contributed by atoms with Crippen molar-refractivity contribution in [2.24, 2.45) is 5.92 Å². The van der Waals surface area contributed by atoms with Crippen LogP contribution in [0.3, 0.4) is 0 Å². The van der Waals surface area contributed by atoms with Crippen LogP contribution < -0.4 is 4.90 Å². The molecule has 0 bridgehead atoms. The number of hydrogen-bond acceptors (Lipinski definition) is 4. The second kappa shape index (κ2) is 6.11. The van der Waals surface area contributed by atoms with Crippen LogP contribution in [0.2, 0.25) is 5.15 Å². The van der Waals surface area contributed by atoms with Crippen LogP contribution in [0.1, 0.15) is 33.1 Å². The largest absolute Gasteiger partial charge is 0.353 e. The van der Waals surface area contributed by atoms with Crippen LogP contribution >= 0.6 is 23.4 Å². The van der Waals surface area contributed by atoms with E-state index in [1.807, 2.05) is 12.3 Å². The van der Waals surface area contributed by atoms with Gasteiger partial charge in [0.2, 0.25) is 0 Å². The van der Waals surface area contributed by atoms with E-state index in [9.17, 15) is 0 Å². The van der Waals surface area contributed by atoms with Crippen LogP contribution in [0.4, 0.5) is 5.82 Å². The Morgan fingerprint density at radius 1 is 1.44 bits per heavy atom. The van der Waals surface area contributed by atoms with Gasteiger partial charge in [-0.25, -0.2) is 9.97 Å². The third-order valence-electron chi connectivity index (χ3n) is 3.07. The molecule has 2 rings (SSSR count). The molecule has 100 valence electrons. The highest BCUT2D eigenvalue weighted by atomic mass is 35.5. The van der Waals surface area contributed by atoms with Gasteiger partial charge in [-0.1, -0.05) is 37.2 Å². The molecule has 5 heteroatoms. The van der Waals surface area contributed by atoms with Crippen molar-refractivity contribution in [3.8, 4) is 0 Å². The fraction of sp³-hybridized carbons (Fsp3) is 0.692. The molecule has 0 aliphatic heterocycles. The average molecular weight is 286 g/mol. The first-order valence-electron chi connectivity index (χ1n) is 6.45. The number of aromatic nitrogens is 2. The molecule has 18 heavy (non-hydrogen) atoms. The Morgan fingerprint density at radius 3 is 2.72 bits per heavy atom. The molecule has 0 saturated heterocycles. The Kier molecular flexibility index (Phi) is 4.73. The van der Waals surface area contributed by atoms with E-state index in [0.717, 1.165) is 17.5 Å².